The quantitative estimate of drug-likeness (QED) is 0.623. The standard InChI is InChI=1S/C18H18ClN3O2S/c1-18(2,3)22-17(23)16(19)15(10-20-22)25-11-12-4-6-13(7-5-12)14-8-9-21-24-14/h4-10H,11H2,1-3H3. The van der Waals surface area contributed by atoms with Gasteiger partial charge in [0.05, 0.1) is 22.8 Å². The number of nitrogens with zero attached hydrogens (tertiary/aromatic N) is 3. The Morgan fingerprint density at radius 1 is 1.20 bits per heavy atom. The second-order valence-electron chi connectivity index (χ2n) is 6.57. The number of thioether (sulfide) groups is 1. The number of halogens is 1. The van der Waals surface area contributed by atoms with Crippen molar-refractivity contribution in [2.45, 2.75) is 37.0 Å². The van der Waals surface area contributed by atoms with Gasteiger partial charge in [-0.05, 0) is 26.3 Å². The molecular formula is C18H18ClN3O2S. The highest BCUT2D eigenvalue weighted by molar-refractivity contribution is 7.98. The first-order chi connectivity index (χ1) is 11.9. The zero-order chi connectivity index (χ0) is 18.0. The minimum Gasteiger partial charge on any atom is -0.356 e. The molecule has 25 heavy (non-hydrogen) atoms. The van der Waals surface area contributed by atoms with Gasteiger partial charge in [0, 0.05) is 17.4 Å². The molecule has 0 bridgehead atoms. The van der Waals surface area contributed by atoms with E-state index in [0.717, 1.165) is 16.9 Å². The van der Waals surface area contributed by atoms with Crippen LogP contribution >= 0.6 is 23.4 Å². The molecule has 1 aromatic carbocycles. The maximum absolute atomic E-state index is 12.4. The van der Waals surface area contributed by atoms with Crippen molar-refractivity contribution >= 4 is 23.4 Å². The van der Waals surface area contributed by atoms with Gasteiger partial charge in [0.2, 0.25) is 0 Å². The molecule has 0 unspecified atom stereocenters. The Labute approximate surface area is 155 Å². The Bertz CT molecular complexity index is 913. The molecule has 0 saturated carbocycles. The largest absolute Gasteiger partial charge is 0.356 e. The zero-order valence-corrected chi connectivity index (χ0v) is 15.8. The summed E-state index contributed by atoms with van der Waals surface area (Å²) in [4.78, 5) is 13.0. The van der Waals surface area contributed by atoms with Crippen LogP contribution in [-0.4, -0.2) is 14.9 Å². The number of benzene rings is 1. The van der Waals surface area contributed by atoms with Gasteiger partial charge in [-0.15, -0.1) is 11.8 Å². The van der Waals surface area contributed by atoms with Crippen molar-refractivity contribution in [1.82, 2.24) is 14.9 Å². The fourth-order valence-electron chi connectivity index (χ4n) is 2.29. The van der Waals surface area contributed by atoms with Crippen LogP contribution in [-0.2, 0) is 11.3 Å². The fraction of sp³-hybridized carbons (Fsp3) is 0.278. The lowest BCUT2D eigenvalue weighted by Gasteiger charge is -2.21. The lowest BCUT2D eigenvalue weighted by molar-refractivity contribution is 0.336. The first-order valence-electron chi connectivity index (χ1n) is 7.77. The van der Waals surface area contributed by atoms with E-state index in [1.54, 1.807) is 12.4 Å². The number of aromatic nitrogens is 3. The monoisotopic (exact) mass is 375 g/mol. The van der Waals surface area contributed by atoms with Crippen molar-refractivity contribution < 1.29 is 4.52 Å². The van der Waals surface area contributed by atoms with Crippen LogP contribution in [0.15, 0.2) is 56.9 Å². The minimum absolute atomic E-state index is 0.216. The van der Waals surface area contributed by atoms with Crippen molar-refractivity contribution in [3.05, 3.63) is 63.7 Å². The van der Waals surface area contributed by atoms with Crippen molar-refractivity contribution in [3.63, 3.8) is 0 Å². The summed E-state index contributed by atoms with van der Waals surface area (Å²) in [6, 6.07) is 9.81. The van der Waals surface area contributed by atoms with Gasteiger partial charge in [0.15, 0.2) is 5.76 Å². The second kappa shape index (κ2) is 7.06. The molecule has 0 aliphatic heterocycles. The maximum atomic E-state index is 12.4. The SMILES string of the molecule is CC(C)(C)n1ncc(SCc2ccc(-c3ccno3)cc2)c(Cl)c1=O. The van der Waals surface area contributed by atoms with E-state index in [0.29, 0.717) is 10.6 Å². The van der Waals surface area contributed by atoms with Gasteiger partial charge in [-0.25, -0.2) is 4.68 Å². The molecule has 0 aliphatic carbocycles. The van der Waals surface area contributed by atoms with Crippen LogP contribution in [0, 0.1) is 0 Å². The predicted molar refractivity (Wildman–Crippen MR) is 100 cm³/mol. The minimum atomic E-state index is -0.402. The van der Waals surface area contributed by atoms with Crippen molar-refractivity contribution in [1.29, 1.82) is 0 Å². The number of hydrogen-bond acceptors (Lipinski definition) is 5. The topological polar surface area (TPSA) is 60.9 Å². The fourth-order valence-corrected chi connectivity index (χ4v) is 3.43. The molecule has 5 nitrogen and oxygen atoms in total. The van der Waals surface area contributed by atoms with Crippen LogP contribution in [0.1, 0.15) is 26.3 Å². The Morgan fingerprint density at radius 3 is 2.52 bits per heavy atom. The molecular weight excluding hydrogens is 358 g/mol. The normalized spacial score (nSPS) is 11.7. The summed E-state index contributed by atoms with van der Waals surface area (Å²) in [6.45, 7) is 5.75. The van der Waals surface area contributed by atoms with Crippen LogP contribution in [0.25, 0.3) is 11.3 Å². The van der Waals surface area contributed by atoms with E-state index in [2.05, 4.69) is 10.3 Å². The molecule has 0 atom stereocenters. The number of rotatable bonds is 4. The van der Waals surface area contributed by atoms with Crippen LogP contribution in [0.5, 0.6) is 0 Å². The van der Waals surface area contributed by atoms with Gasteiger partial charge < -0.3 is 4.52 Å². The summed E-state index contributed by atoms with van der Waals surface area (Å²) in [7, 11) is 0. The molecule has 0 saturated heterocycles. The lowest BCUT2D eigenvalue weighted by Crippen LogP contribution is -2.36. The summed E-state index contributed by atoms with van der Waals surface area (Å²) in [5.41, 5.74) is 1.42. The molecule has 2 aromatic heterocycles. The molecule has 3 rings (SSSR count). The van der Waals surface area contributed by atoms with E-state index in [4.69, 9.17) is 16.1 Å². The van der Waals surface area contributed by atoms with Crippen molar-refractivity contribution in [3.8, 4) is 11.3 Å². The van der Waals surface area contributed by atoms with Gasteiger partial charge >= 0.3 is 0 Å². The maximum Gasteiger partial charge on any atom is 0.287 e. The van der Waals surface area contributed by atoms with Gasteiger partial charge in [-0.1, -0.05) is 41.0 Å². The summed E-state index contributed by atoms with van der Waals surface area (Å²) >= 11 is 7.74. The third-order valence-corrected chi connectivity index (χ3v) is 5.17. The molecule has 2 heterocycles. The molecule has 0 amide bonds. The van der Waals surface area contributed by atoms with E-state index in [-0.39, 0.29) is 10.6 Å². The number of hydrogen-bond donors (Lipinski definition) is 0. The van der Waals surface area contributed by atoms with E-state index in [1.165, 1.54) is 16.4 Å². The Kier molecular flexibility index (Phi) is 5.01. The molecule has 0 radical (unpaired) electrons. The predicted octanol–water partition coefficient (Wildman–Crippen LogP) is 4.60. The van der Waals surface area contributed by atoms with E-state index < -0.39 is 5.54 Å². The van der Waals surface area contributed by atoms with E-state index in [1.807, 2.05) is 51.1 Å². The second-order valence-corrected chi connectivity index (χ2v) is 7.97. The van der Waals surface area contributed by atoms with Crippen molar-refractivity contribution in [2.24, 2.45) is 0 Å². The molecule has 0 aliphatic rings. The molecule has 0 N–H and O–H groups in total. The van der Waals surface area contributed by atoms with Crippen LogP contribution in [0.3, 0.4) is 0 Å². The van der Waals surface area contributed by atoms with Gasteiger partial charge in [0.1, 0.15) is 5.02 Å². The van der Waals surface area contributed by atoms with E-state index >= 15 is 0 Å². The Balaban J connectivity index is 1.74. The zero-order valence-electron chi connectivity index (χ0n) is 14.2. The van der Waals surface area contributed by atoms with Crippen LogP contribution in [0.4, 0.5) is 0 Å². The summed E-state index contributed by atoms with van der Waals surface area (Å²) in [6.07, 6.45) is 3.27. The average molecular weight is 376 g/mol. The highest BCUT2D eigenvalue weighted by Gasteiger charge is 2.19. The highest BCUT2D eigenvalue weighted by Crippen LogP contribution is 2.28. The van der Waals surface area contributed by atoms with Crippen molar-refractivity contribution in [2.75, 3.05) is 0 Å². The van der Waals surface area contributed by atoms with Gasteiger partial charge in [0.25, 0.3) is 5.56 Å². The first-order valence-corrected chi connectivity index (χ1v) is 9.14. The van der Waals surface area contributed by atoms with Gasteiger partial charge in [-0.3, -0.25) is 4.79 Å². The molecule has 3 aromatic rings. The third kappa shape index (κ3) is 3.96. The average Bonchev–Trinajstić information content (AvgIpc) is 3.10. The molecule has 0 fully saturated rings. The van der Waals surface area contributed by atoms with Crippen LogP contribution in [0.2, 0.25) is 5.02 Å². The highest BCUT2D eigenvalue weighted by atomic mass is 35.5. The molecule has 7 heteroatoms. The smallest absolute Gasteiger partial charge is 0.287 e. The Morgan fingerprint density at radius 2 is 1.92 bits per heavy atom. The Hall–Kier alpha value is -2.05. The summed E-state index contributed by atoms with van der Waals surface area (Å²) in [5.74, 6) is 1.43. The summed E-state index contributed by atoms with van der Waals surface area (Å²) in [5, 5.41) is 8.17. The van der Waals surface area contributed by atoms with Gasteiger partial charge in [-0.2, -0.15) is 5.10 Å². The molecule has 0 spiro atoms. The van der Waals surface area contributed by atoms with Crippen LogP contribution < -0.4 is 5.56 Å². The lowest BCUT2D eigenvalue weighted by atomic mass is 10.1. The summed E-state index contributed by atoms with van der Waals surface area (Å²) < 4.78 is 6.55. The molecule has 130 valence electrons. The first kappa shape index (κ1) is 17.8. The third-order valence-electron chi connectivity index (χ3n) is 3.59. The van der Waals surface area contributed by atoms with E-state index in [9.17, 15) is 4.79 Å².